The average molecular weight is 368 g/mol. The Bertz CT molecular complexity index is 963. The second kappa shape index (κ2) is 7.32. The molecule has 4 rings (SSSR count). The summed E-state index contributed by atoms with van der Waals surface area (Å²) >= 11 is 0. The Kier molecular flexibility index (Phi) is 4.72. The highest BCUT2D eigenvalue weighted by molar-refractivity contribution is 5.72. The zero-order valence-corrected chi connectivity index (χ0v) is 15.1. The number of nitrogens with one attached hydrogen (secondary N) is 1. The summed E-state index contributed by atoms with van der Waals surface area (Å²) in [6.07, 6.45) is 3.65. The molecule has 0 spiro atoms. The quantitative estimate of drug-likeness (QED) is 0.746. The maximum Gasteiger partial charge on any atom is 0.217 e. The number of amides is 1. The number of halogens is 1. The van der Waals surface area contributed by atoms with Gasteiger partial charge in [-0.3, -0.25) is 14.4 Å². The van der Waals surface area contributed by atoms with Crippen molar-refractivity contribution in [2.45, 2.75) is 33.1 Å². The van der Waals surface area contributed by atoms with E-state index >= 15 is 0 Å². The second-order valence-electron chi connectivity index (χ2n) is 6.72. The smallest absolute Gasteiger partial charge is 0.217 e. The Morgan fingerprint density at radius 1 is 1.30 bits per heavy atom. The fourth-order valence-corrected chi connectivity index (χ4v) is 3.29. The number of hydrogen-bond donors (Lipinski definition) is 1. The van der Waals surface area contributed by atoms with Crippen LogP contribution in [-0.2, 0) is 31.0 Å². The van der Waals surface area contributed by atoms with E-state index in [1.54, 1.807) is 29.1 Å². The van der Waals surface area contributed by atoms with Gasteiger partial charge >= 0.3 is 0 Å². The van der Waals surface area contributed by atoms with Crippen molar-refractivity contribution in [3.05, 3.63) is 65.5 Å². The molecule has 7 nitrogen and oxygen atoms in total. The third-order valence-corrected chi connectivity index (χ3v) is 4.59. The number of nitrogens with zero attached hydrogens (tertiary/aromatic N) is 5. The van der Waals surface area contributed by atoms with E-state index in [1.807, 2.05) is 16.9 Å². The van der Waals surface area contributed by atoms with Crippen molar-refractivity contribution in [2.75, 3.05) is 6.54 Å². The molecule has 0 saturated heterocycles. The number of hydrogen-bond acceptors (Lipinski definition) is 4. The third-order valence-electron chi connectivity index (χ3n) is 4.59. The van der Waals surface area contributed by atoms with Gasteiger partial charge in [-0.25, -0.2) is 9.07 Å². The van der Waals surface area contributed by atoms with Crippen LogP contribution in [0.5, 0.6) is 0 Å². The lowest BCUT2D eigenvalue weighted by Gasteiger charge is -2.26. The standard InChI is InChI=1S/C19H21FN6O/c1-14(27)21-10-16-8-17-13-24(6-7-25(17)23-16)11-15-9-22-26(12-15)19-5-3-2-4-18(19)20/h2-5,8-9,12H,6-7,10-11,13H2,1H3,(H,21,27). The molecule has 3 heterocycles. The topological polar surface area (TPSA) is 68.0 Å². The number of carbonyl (C=O) groups is 1. The van der Waals surface area contributed by atoms with E-state index in [0.29, 0.717) is 12.2 Å². The van der Waals surface area contributed by atoms with Gasteiger partial charge in [0.05, 0.1) is 30.7 Å². The highest BCUT2D eigenvalue weighted by atomic mass is 19.1. The number of fused-ring (bicyclic) bond motifs is 1. The zero-order valence-electron chi connectivity index (χ0n) is 15.1. The van der Waals surface area contributed by atoms with E-state index in [1.165, 1.54) is 13.0 Å². The molecule has 27 heavy (non-hydrogen) atoms. The van der Waals surface area contributed by atoms with Gasteiger partial charge in [0.25, 0.3) is 0 Å². The Morgan fingerprint density at radius 2 is 2.15 bits per heavy atom. The summed E-state index contributed by atoms with van der Waals surface area (Å²) in [6.45, 7) is 5.14. The van der Waals surface area contributed by atoms with E-state index in [4.69, 9.17) is 0 Å². The lowest BCUT2D eigenvalue weighted by molar-refractivity contribution is -0.119. The van der Waals surface area contributed by atoms with Crippen molar-refractivity contribution in [3.8, 4) is 5.69 Å². The van der Waals surface area contributed by atoms with Crippen LogP contribution in [0.2, 0.25) is 0 Å². The van der Waals surface area contributed by atoms with Crippen molar-refractivity contribution in [2.24, 2.45) is 0 Å². The molecule has 1 aliphatic heterocycles. The van der Waals surface area contributed by atoms with Crippen molar-refractivity contribution < 1.29 is 9.18 Å². The fraction of sp³-hybridized carbons (Fsp3) is 0.316. The summed E-state index contributed by atoms with van der Waals surface area (Å²) in [4.78, 5) is 13.4. The monoisotopic (exact) mass is 368 g/mol. The molecule has 1 aliphatic rings. The van der Waals surface area contributed by atoms with E-state index in [-0.39, 0.29) is 11.7 Å². The summed E-state index contributed by atoms with van der Waals surface area (Å²) in [5.41, 5.74) is 3.48. The van der Waals surface area contributed by atoms with Gasteiger partial charge in [0.1, 0.15) is 11.5 Å². The maximum atomic E-state index is 13.9. The predicted molar refractivity (Wildman–Crippen MR) is 97.4 cm³/mol. The number of carbonyl (C=O) groups excluding carboxylic acids is 1. The lowest BCUT2D eigenvalue weighted by Crippen LogP contribution is -2.33. The van der Waals surface area contributed by atoms with Crippen molar-refractivity contribution in [1.29, 1.82) is 0 Å². The predicted octanol–water partition coefficient (Wildman–Crippen LogP) is 1.86. The molecule has 0 fully saturated rings. The van der Waals surface area contributed by atoms with Gasteiger partial charge < -0.3 is 5.32 Å². The van der Waals surface area contributed by atoms with Crippen LogP contribution in [0.1, 0.15) is 23.9 Å². The summed E-state index contributed by atoms with van der Waals surface area (Å²) in [6, 6.07) is 8.64. The third kappa shape index (κ3) is 3.90. The van der Waals surface area contributed by atoms with Crippen molar-refractivity contribution >= 4 is 5.91 Å². The number of para-hydroxylation sites is 1. The molecule has 0 saturated carbocycles. The highest BCUT2D eigenvalue weighted by Crippen LogP contribution is 2.18. The molecule has 3 aromatic rings. The normalized spacial score (nSPS) is 14.1. The molecule has 8 heteroatoms. The molecule has 0 atom stereocenters. The minimum atomic E-state index is -0.291. The fourth-order valence-electron chi connectivity index (χ4n) is 3.29. The molecule has 0 unspecified atom stereocenters. The van der Waals surface area contributed by atoms with Gasteiger partial charge in [-0.15, -0.1) is 0 Å². The number of rotatable bonds is 5. The van der Waals surface area contributed by atoms with E-state index in [0.717, 1.165) is 43.1 Å². The molecule has 1 amide bonds. The first-order valence-corrected chi connectivity index (χ1v) is 8.89. The molecule has 0 aliphatic carbocycles. The minimum absolute atomic E-state index is 0.0607. The number of benzene rings is 1. The van der Waals surface area contributed by atoms with Crippen molar-refractivity contribution in [1.82, 2.24) is 29.8 Å². The van der Waals surface area contributed by atoms with Gasteiger partial charge in [0, 0.05) is 38.3 Å². The van der Waals surface area contributed by atoms with Crippen LogP contribution in [0.4, 0.5) is 4.39 Å². The Morgan fingerprint density at radius 3 is 2.96 bits per heavy atom. The van der Waals surface area contributed by atoms with Gasteiger partial charge in [0.15, 0.2) is 0 Å². The first-order chi connectivity index (χ1) is 13.1. The second-order valence-corrected chi connectivity index (χ2v) is 6.72. The lowest BCUT2D eigenvalue weighted by atomic mass is 10.2. The van der Waals surface area contributed by atoms with Gasteiger partial charge in [0.2, 0.25) is 5.91 Å². The van der Waals surface area contributed by atoms with Crippen LogP contribution in [0.3, 0.4) is 0 Å². The van der Waals surface area contributed by atoms with Crippen molar-refractivity contribution in [3.63, 3.8) is 0 Å². The van der Waals surface area contributed by atoms with Crippen LogP contribution in [0.15, 0.2) is 42.7 Å². The van der Waals surface area contributed by atoms with Gasteiger partial charge in [-0.05, 0) is 18.2 Å². The molecule has 140 valence electrons. The SMILES string of the molecule is CC(=O)NCc1cc2n(n1)CCN(Cc1cnn(-c3ccccc3F)c1)C2. The van der Waals surface area contributed by atoms with Crippen LogP contribution < -0.4 is 5.32 Å². The molecule has 1 N–H and O–H groups in total. The number of aromatic nitrogens is 4. The maximum absolute atomic E-state index is 13.9. The average Bonchev–Trinajstić information content (AvgIpc) is 3.26. The summed E-state index contributed by atoms with van der Waals surface area (Å²) in [5.74, 6) is -0.352. The molecule has 2 aromatic heterocycles. The highest BCUT2D eigenvalue weighted by Gasteiger charge is 2.19. The molecular weight excluding hydrogens is 347 g/mol. The van der Waals surface area contributed by atoms with Crippen LogP contribution in [0, 0.1) is 5.82 Å². The zero-order chi connectivity index (χ0) is 18.8. The Hall–Kier alpha value is -3.00. The van der Waals surface area contributed by atoms with E-state index in [9.17, 15) is 9.18 Å². The van der Waals surface area contributed by atoms with E-state index < -0.39 is 0 Å². The molecule has 0 bridgehead atoms. The molecule has 0 radical (unpaired) electrons. The Labute approximate surface area is 156 Å². The summed E-state index contributed by atoms with van der Waals surface area (Å²) in [7, 11) is 0. The van der Waals surface area contributed by atoms with Gasteiger partial charge in [-0.1, -0.05) is 12.1 Å². The summed E-state index contributed by atoms with van der Waals surface area (Å²) in [5, 5.41) is 11.6. The largest absolute Gasteiger partial charge is 0.351 e. The van der Waals surface area contributed by atoms with Gasteiger partial charge in [-0.2, -0.15) is 10.2 Å². The van der Waals surface area contributed by atoms with Crippen LogP contribution >= 0.6 is 0 Å². The minimum Gasteiger partial charge on any atom is -0.351 e. The molecule has 1 aromatic carbocycles. The molecular formula is C19H21FN6O. The Balaban J connectivity index is 1.42. The van der Waals surface area contributed by atoms with E-state index in [2.05, 4.69) is 20.4 Å². The van der Waals surface area contributed by atoms with Crippen LogP contribution in [0.25, 0.3) is 5.69 Å². The summed E-state index contributed by atoms with van der Waals surface area (Å²) < 4.78 is 17.5. The first kappa shape index (κ1) is 17.4. The first-order valence-electron chi connectivity index (χ1n) is 8.89. The van der Waals surface area contributed by atoms with Crippen LogP contribution in [-0.4, -0.2) is 36.9 Å².